The minimum Gasteiger partial charge on any atom is -0.476 e. The second-order valence-electron chi connectivity index (χ2n) is 5.94. The minimum absolute atomic E-state index is 0.00816. The number of hydrogen-bond donors (Lipinski definition) is 2. The molecule has 2 atom stereocenters. The molecule has 0 spiro atoms. The zero-order chi connectivity index (χ0) is 14.7. The van der Waals surface area contributed by atoms with Crippen LogP contribution in [-0.2, 0) is 0 Å². The molecule has 0 aliphatic carbocycles. The second kappa shape index (κ2) is 6.39. The molecule has 2 saturated heterocycles. The van der Waals surface area contributed by atoms with Gasteiger partial charge in [-0.1, -0.05) is 6.42 Å². The van der Waals surface area contributed by atoms with E-state index < -0.39 is 5.97 Å². The Bertz CT molecular complexity index is 506. The molecule has 21 heavy (non-hydrogen) atoms. The van der Waals surface area contributed by atoms with Gasteiger partial charge in [0.2, 0.25) is 0 Å². The Kier molecular flexibility index (Phi) is 4.34. The summed E-state index contributed by atoms with van der Waals surface area (Å²) in [6.07, 6.45) is 9.26. The normalized spacial score (nSPS) is 26.1. The first kappa shape index (κ1) is 14.3. The Labute approximate surface area is 124 Å². The fraction of sp³-hybridized carbons (Fsp3) is 0.667. The highest BCUT2D eigenvalue weighted by Crippen LogP contribution is 2.31. The maximum absolute atomic E-state index is 11.2. The van der Waals surface area contributed by atoms with Crippen molar-refractivity contribution >= 4 is 11.8 Å². The van der Waals surface area contributed by atoms with Crippen LogP contribution in [0.15, 0.2) is 12.4 Å². The molecule has 2 aliphatic rings. The van der Waals surface area contributed by atoms with Gasteiger partial charge in [0.05, 0.1) is 0 Å². The van der Waals surface area contributed by atoms with Crippen LogP contribution in [0, 0.1) is 5.92 Å². The molecule has 0 saturated carbocycles. The first-order valence-electron chi connectivity index (χ1n) is 7.78. The molecule has 114 valence electrons. The van der Waals surface area contributed by atoms with E-state index in [0.29, 0.717) is 17.8 Å². The van der Waals surface area contributed by atoms with E-state index >= 15 is 0 Å². The molecule has 1 aromatic heterocycles. The summed E-state index contributed by atoms with van der Waals surface area (Å²) < 4.78 is 0. The number of nitrogens with zero attached hydrogens (tertiary/aromatic N) is 3. The average Bonchev–Trinajstić information content (AvgIpc) is 2.53. The largest absolute Gasteiger partial charge is 0.476 e. The van der Waals surface area contributed by atoms with Crippen molar-refractivity contribution in [1.82, 2.24) is 14.9 Å². The van der Waals surface area contributed by atoms with E-state index in [9.17, 15) is 4.79 Å². The summed E-state index contributed by atoms with van der Waals surface area (Å²) in [4.78, 5) is 21.8. The number of aromatic nitrogens is 2. The summed E-state index contributed by atoms with van der Waals surface area (Å²) in [5, 5.41) is 12.4. The van der Waals surface area contributed by atoms with Gasteiger partial charge in [-0.15, -0.1) is 0 Å². The Hall–Kier alpha value is -1.69. The summed E-state index contributed by atoms with van der Waals surface area (Å²) in [5.41, 5.74) is 0.00816. The van der Waals surface area contributed by atoms with E-state index in [0.717, 1.165) is 6.54 Å². The second-order valence-corrected chi connectivity index (χ2v) is 5.94. The van der Waals surface area contributed by atoms with Crippen LogP contribution in [0.5, 0.6) is 0 Å². The summed E-state index contributed by atoms with van der Waals surface area (Å²) in [7, 11) is 0. The quantitative estimate of drug-likeness (QED) is 0.881. The SMILES string of the molecule is O=C(O)c1nccnc1NC[C@@H]1CCCN2CCCC[C@H]12. The van der Waals surface area contributed by atoms with Crippen LogP contribution in [0.25, 0.3) is 0 Å². The van der Waals surface area contributed by atoms with Crippen LogP contribution in [-0.4, -0.2) is 51.6 Å². The Morgan fingerprint density at radius 2 is 2.05 bits per heavy atom. The van der Waals surface area contributed by atoms with E-state index in [-0.39, 0.29) is 5.69 Å². The molecule has 0 amide bonds. The van der Waals surface area contributed by atoms with Crippen molar-refractivity contribution in [2.75, 3.05) is 25.0 Å². The number of anilines is 1. The lowest BCUT2D eigenvalue weighted by Gasteiger charge is -2.44. The standard InChI is InChI=1S/C15H22N4O2/c20-15(21)13-14(17-7-6-16-13)18-10-11-4-3-9-19-8-2-1-5-12(11)19/h6-7,11-12H,1-5,8-10H2,(H,17,18)(H,20,21)/t11-,12+/m0/s1. The summed E-state index contributed by atoms with van der Waals surface area (Å²) in [6, 6.07) is 0.643. The van der Waals surface area contributed by atoms with Gasteiger partial charge in [-0.05, 0) is 44.7 Å². The molecule has 0 unspecified atom stereocenters. The number of aromatic carboxylic acids is 1. The van der Waals surface area contributed by atoms with Crippen LogP contribution >= 0.6 is 0 Å². The van der Waals surface area contributed by atoms with Gasteiger partial charge in [0.15, 0.2) is 11.5 Å². The first-order chi connectivity index (χ1) is 10.3. The monoisotopic (exact) mass is 290 g/mol. The smallest absolute Gasteiger partial charge is 0.358 e. The highest BCUT2D eigenvalue weighted by atomic mass is 16.4. The van der Waals surface area contributed by atoms with Gasteiger partial charge in [-0.25, -0.2) is 14.8 Å². The van der Waals surface area contributed by atoms with Crippen LogP contribution in [0.1, 0.15) is 42.6 Å². The molecular formula is C15H22N4O2. The maximum atomic E-state index is 11.2. The van der Waals surface area contributed by atoms with Gasteiger partial charge in [-0.3, -0.25) is 0 Å². The van der Waals surface area contributed by atoms with Crippen molar-refractivity contribution < 1.29 is 9.90 Å². The lowest BCUT2D eigenvalue weighted by atomic mass is 9.83. The molecule has 3 rings (SSSR count). The molecule has 2 N–H and O–H groups in total. The molecule has 2 fully saturated rings. The third kappa shape index (κ3) is 3.15. The predicted molar refractivity (Wildman–Crippen MR) is 79.4 cm³/mol. The van der Waals surface area contributed by atoms with E-state index in [1.165, 1.54) is 57.6 Å². The highest BCUT2D eigenvalue weighted by Gasteiger charge is 2.32. The molecule has 1 aromatic rings. The van der Waals surface area contributed by atoms with Crippen LogP contribution in [0.3, 0.4) is 0 Å². The van der Waals surface area contributed by atoms with E-state index in [4.69, 9.17) is 5.11 Å². The van der Waals surface area contributed by atoms with Crippen molar-refractivity contribution in [1.29, 1.82) is 0 Å². The molecule has 2 aliphatic heterocycles. The topological polar surface area (TPSA) is 78.3 Å². The minimum atomic E-state index is -1.03. The summed E-state index contributed by atoms with van der Waals surface area (Å²) in [6.45, 7) is 3.21. The predicted octanol–water partition coefficient (Wildman–Crippen LogP) is 1.85. The number of carbonyl (C=O) groups is 1. The Balaban J connectivity index is 1.65. The number of carboxylic acids is 1. The van der Waals surface area contributed by atoms with Gasteiger partial charge in [0.1, 0.15) is 0 Å². The molecular weight excluding hydrogens is 268 g/mol. The lowest BCUT2D eigenvalue weighted by molar-refractivity contribution is 0.0647. The maximum Gasteiger partial charge on any atom is 0.358 e. The van der Waals surface area contributed by atoms with Crippen molar-refractivity contribution in [3.8, 4) is 0 Å². The molecule has 0 aromatic carbocycles. The third-order valence-corrected chi connectivity index (χ3v) is 4.66. The number of fused-ring (bicyclic) bond motifs is 1. The number of rotatable bonds is 4. The number of piperidine rings is 2. The molecule has 0 radical (unpaired) electrons. The number of carboxylic acid groups (broad SMARTS) is 1. The van der Waals surface area contributed by atoms with Crippen molar-refractivity contribution in [2.24, 2.45) is 5.92 Å². The van der Waals surface area contributed by atoms with Gasteiger partial charge in [0, 0.05) is 25.0 Å². The summed E-state index contributed by atoms with van der Waals surface area (Å²) >= 11 is 0. The number of nitrogens with one attached hydrogen (secondary N) is 1. The Morgan fingerprint density at radius 1 is 1.24 bits per heavy atom. The van der Waals surface area contributed by atoms with E-state index in [1.54, 1.807) is 0 Å². The van der Waals surface area contributed by atoms with Crippen LogP contribution in [0.4, 0.5) is 5.82 Å². The summed E-state index contributed by atoms with van der Waals surface area (Å²) in [5.74, 6) is -0.0748. The fourth-order valence-corrected chi connectivity index (χ4v) is 3.67. The van der Waals surface area contributed by atoms with E-state index in [1.807, 2.05) is 0 Å². The first-order valence-corrected chi connectivity index (χ1v) is 7.78. The molecule has 3 heterocycles. The average molecular weight is 290 g/mol. The van der Waals surface area contributed by atoms with Gasteiger partial charge < -0.3 is 15.3 Å². The molecule has 6 heteroatoms. The lowest BCUT2D eigenvalue weighted by Crippen LogP contribution is -2.49. The van der Waals surface area contributed by atoms with Crippen molar-refractivity contribution in [2.45, 2.75) is 38.1 Å². The molecule has 0 bridgehead atoms. The zero-order valence-electron chi connectivity index (χ0n) is 12.2. The van der Waals surface area contributed by atoms with Gasteiger partial charge in [-0.2, -0.15) is 0 Å². The van der Waals surface area contributed by atoms with Gasteiger partial charge >= 0.3 is 5.97 Å². The van der Waals surface area contributed by atoms with Crippen LogP contribution in [0.2, 0.25) is 0 Å². The zero-order valence-corrected chi connectivity index (χ0v) is 12.2. The molecule has 6 nitrogen and oxygen atoms in total. The van der Waals surface area contributed by atoms with E-state index in [2.05, 4.69) is 20.2 Å². The van der Waals surface area contributed by atoms with Crippen molar-refractivity contribution in [3.63, 3.8) is 0 Å². The van der Waals surface area contributed by atoms with Gasteiger partial charge in [0.25, 0.3) is 0 Å². The highest BCUT2D eigenvalue weighted by molar-refractivity contribution is 5.90. The number of hydrogen-bond acceptors (Lipinski definition) is 5. The van der Waals surface area contributed by atoms with Crippen molar-refractivity contribution in [3.05, 3.63) is 18.1 Å². The Morgan fingerprint density at radius 3 is 2.90 bits per heavy atom. The third-order valence-electron chi connectivity index (χ3n) is 4.66. The fourth-order valence-electron chi connectivity index (χ4n) is 3.67. The van der Waals surface area contributed by atoms with Crippen LogP contribution < -0.4 is 5.32 Å².